The van der Waals surface area contributed by atoms with Crippen molar-refractivity contribution >= 4 is 34.6 Å². The maximum absolute atomic E-state index is 14.3. The van der Waals surface area contributed by atoms with Crippen molar-refractivity contribution in [1.82, 2.24) is 10.3 Å². The zero-order valence-corrected chi connectivity index (χ0v) is 17.0. The molecule has 0 unspecified atom stereocenters. The molecule has 158 valence electrons. The summed E-state index contributed by atoms with van der Waals surface area (Å²) < 4.78 is 28.3. The molecule has 2 aliphatic heterocycles. The number of hydrogen-bond acceptors (Lipinski definition) is 4. The number of nitrogens with one attached hydrogen (secondary N) is 2. The second kappa shape index (κ2) is 7.47. The molecular formula is C22H17ClF2N4O2. The Morgan fingerprint density at radius 3 is 2.58 bits per heavy atom. The SMILES string of the molecule is O=C1c2cc(F)c(Cl)cc2N2CN1c1ccc(=O)[nH]c1CCNCc1cc(F)ccc12. The predicted octanol–water partition coefficient (Wildman–Crippen LogP) is 3.71. The lowest BCUT2D eigenvalue weighted by Crippen LogP contribution is -2.46. The third-order valence-corrected chi connectivity index (χ3v) is 5.84. The Morgan fingerprint density at radius 2 is 1.74 bits per heavy atom. The molecule has 0 radical (unpaired) electrons. The van der Waals surface area contributed by atoms with E-state index in [0.717, 1.165) is 6.07 Å². The van der Waals surface area contributed by atoms with Crippen molar-refractivity contribution in [1.29, 1.82) is 0 Å². The second-order valence-corrected chi connectivity index (χ2v) is 7.88. The van der Waals surface area contributed by atoms with Gasteiger partial charge in [0.15, 0.2) is 0 Å². The lowest BCUT2D eigenvalue weighted by Gasteiger charge is -2.39. The molecule has 0 atom stereocenters. The van der Waals surface area contributed by atoms with Crippen LogP contribution in [0.5, 0.6) is 0 Å². The number of carbonyl (C=O) groups excluding carboxylic acids is 1. The van der Waals surface area contributed by atoms with Gasteiger partial charge in [0, 0.05) is 37.0 Å². The molecule has 2 aliphatic rings. The van der Waals surface area contributed by atoms with Crippen LogP contribution in [0.3, 0.4) is 0 Å². The Bertz CT molecular complexity index is 1280. The summed E-state index contributed by atoms with van der Waals surface area (Å²) in [7, 11) is 0. The number of aromatic amines is 1. The molecule has 1 aromatic heterocycles. The molecule has 2 N–H and O–H groups in total. The summed E-state index contributed by atoms with van der Waals surface area (Å²) in [4.78, 5) is 31.4. The minimum Gasteiger partial charge on any atom is -0.324 e. The van der Waals surface area contributed by atoms with Crippen LogP contribution in [-0.4, -0.2) is 24.1 Å². The van der Waals surface area contributed by atoms with Crippen molar-refractivity contribution in [2.45, 2.75) is 13.0 Å². The summed E-state index contributed by atoms with van der Waals surface area (Å²) in [5.41, 5.74) is 2.76. The second-order valence-electron chi connectivity index (χ2n) is 7.47. The Morgan fingerprint density at radius 1 is 0.935 bits per heavy atom. The number of carbonyl (C=O) groups is 1. The minimum absolute atomic E-state index is 0.0888. The molecule has 0 spiro atoms. The highest BCUT2D eigenvalue weighted by molar-refractivity contribution is 6.31. The van der Waals surface area contributed by atoms with Gasteiger partial charge in [-0.2, -0.15) is 0 Å². The molecule has 2 aromatic carbocycles. The number of nitrogens with zero attached hydrogens (tertiary/aromatic N) is 2. The molecular weight excluding hydrogens is 426 g/mol. The monoisotopic (exact) mass is 442 g/mol. The summed E-state index contributed by atoms with van der Waals surface area (Å²) in [6.45, 7) is 0.956. The molecule has 3 aromatic rings. The first-order chi connectivity index (χ1) is 14.9. The smallest absolute Gasteiger partial charge is 0.262 e. The molecule has 0 aliphatic carbocycles. The van der Waals surface area contributed by atoms with Crippen LogP contribution in [0.25, 0.3) is 0 Å². The van der Waals surface area contributed by atoms with E-state index in [1.807, 2.05) is 0 Å². The highest BCUT2D eigenvalue weighted by Crippen LogP contribution is 2.40. The van der Waals surface area contributed by atoms with E-state index in [4.69, 9.17) is 11.6 Å². The molecule has 9 heteroatoms. The number of pyridine rings is 1. The quantitative estimate of drug-likeness (QED) is 0.557. The van der Waals surface area contributed by atoms with E-state index in [2.05, 4.69) is 10.3 Å². The van der Waals surface area contributed by atoms with Crippen molar-refractivity contribution in [2.75, 3.05) is 23.0 Å². The first-order valence-electron chi connectivity index (χ1n) is 9.72. The van der Waals surface area contributed by atoms with Crippen LogP contribution in [0.1, 0.15) is 21.6 Å². The summed E-state index contributed by atoms with van der Waals surface area (Å²) in [6.07, 6.45) is 0.446. The predicted molar refractivity (Wildman–Crippen MR) is 114 cm³/mol. The lowest BCUT2D eigenvalue weighted by molar-refractivity contribution is 0.0983. The fraction of sp³-hybridized carbons (Fsp3) is 0.182. The first kappa shape index (κ1) is 19.7. The van der Waals surface area contributed by atoms with Gasteiger partial charge in [0.2, 0.25) is 5.56 Å². The van der Waals surface area contributed by atoms with Crippen LogP contribution in [-0.2, 0) is 13.0 Å². The normalized spacial score (nSPS) is 15.6. The molecule has 5 rings (SSSR count). The van der Waals surface area contributed by atoms with Gasteiger partial charge in [-0.1, -0.05) is 11.6 Å². The lowest BCUT2D eigenvalue weighted by atomic mass is 10.0. The number of hydrogen-bond donors (Lipinski definition) is 2. The van der Waals surface area contributed by atoms with E-state index < -0.39 is 11.7 Å². The van der Waals surface area contributed by atoms with Crippen LogP contribution in [0.4, 0.5) is 25.8 Å². The van der Waals surface area contributed by atoms with Gasteiger partial charge in [-0.05, 0) is 42.0 Å². The molecule has 3 heterocycles. The van der Waals surface area contributed by atoms with Crippen LogP contribution in [0.2, 0.25) is 5.02 Å². The van der Waals surface area contributed by atoms with Crippen molar-refractivity contribution in [3.8, 4) is 0 Å². The van der Waals surface area contributed by atoms with Crippen molar-refractivity contribution in [2.24, 2.45) is 0 Å². The third kappa shape index (κ3) is 3.37. The highest BCUT2D eigenvalue weighted by atomic mass is 35.5. The summed E-state index contributed by atoms with van der Waals surface area (Å²) >= 11 is 6.04. The fourth-order valence-electron chi connectivity index (χ4n) is 4.10. The topological polar surface area (TPSA) is 68.4 Å². The molecule has 31 heavy (non-hydrogen) atoms. The number of halogens is 3. The number of fused-ring (bicyclic) bond motifs is 8. The van der Waals surface area contributed by atoms with Crippen molar-refractivity contribution in [3.63, 3.8) is 0 Å². The van der Waals surface area contributed by atoms with E-state index in [9.17, 15) is 18.4 Å². The molecule has 1 amide bonds. The van der Waals surface area contributed by atoms with Crippen LogP contribution < -0.4 is 20.7 Å². The average Bonchev–Trinajstić information content (AvgIpc) is 2.76. The third-order valence-electron chi connectivity index (χ3n) is 5.55. The maximum Gasteiger partial charge on any atom is 0.262 e. The van der Waals surface area contributed by atoms with E-state index in [1.54, 1.807) is 17.0 Å². The molecule has 0 saturated carbocycles. The standard InChI is InChI=1S/C22H17ClF2N4O2/c23-15-9-20-14(8-16(15)25)22(31)29-11-28(20)18-2-1-13(24)7-12(18)10-26-6-5-17-19(29)3-4-21(30)27-17/h1-4,7-9,26H,5-6,10-11H2,(H,27,30). The molecule has 2 bridgehead atoms. The summed E-state index contributed by atoms with van der Waals surface area (Å²) in [6, 6.07) is 9.88. The van der Waals surface area contributed by atoms with Gasteiger partial charge in [0.25, 0.3) is 5.91 Å². The van der Waals surface area contributed by atoms with Crippen LogP contribution in [0.15, 0.2) is 47.3 Å². The van der Waals surface area contributed by atoms with Gasteiger partial charge in [-0.15, -0.1) is 0 Å². The molecule has 6 nitrogen and oxygen atoms in total. The summed E-state index contributed by atoms with van der Waals surface area (Å²) in [5.74, 6) is -1.50. The van der Waals surface area contributed by atoms with Crippen molar-refractivity contribution in [3.05, 3.63) is 86.3 Å². The van der Waals surface area contributed by atoms with Crippen LogP contribution >= 0.6 is 11.6 Å². The number of aromatic nitrogens is 1. The van der Waals surface area contributed by atoms with Gasteiger partial charge in [-0.3, -0.25) is 14.5 Å². The van der Waals surface area contributed by atoms with Gasteiger partial charge in [0.05, 0.1) is 22.0 Å². The molecule has 0 fully saturated rings. The van der Waals surface area contributed by atoms with Crippen molar-refractivity contribution < 1.29 is 13.6 Å². The average molecular weight is 443 g/mol. The molecule has 0 saturated heterocycles. The number of anilines is 3. The number of H-pyrrole nitrogens is 1. The van der Waals surface area contributed by atoms with Gasteiger partial charge in [-0.25, -0.2) is 8.78 Å². The Labute approximate surface area is 181 Å². The zero-order chi connectivity index (χ0) is 21.7. The minimum atomic E-state index is -0.706. The first-order valence-corrected chi connectivity index (χ1v) is 10.1. The van der Waals surface area contributed by atoms with E-state index in [0.29, 0.717) is 47.8 Å². The zero-order valence-electron chi connectivity index (χ0n) is 16.2. The van der Waals surface area contributed by atoms with E-state index in [1.165, 1.54) is 29.2 Å². The van der Waals surface area contributed by atoms with Gasteiger partial charge >= 0.3 is 0 Å². The van der Waals surface area contributed by atoms with Gasteiger partial charge in [0.1, 0.15) is 18.3 Å². The number of amides is 1. The highest BCUT2D eigenvalue weighted by Gasteiger charge is 2.34. The Hall–Kier alpha value is -3.23. The van der Waals surface area contributed by atoms with Crippen LogP contribution in [0, 0.1) is 11.6 Å². The Balaban J connectivity index is 1.78. The fourth-order valence-corrected chi connectivity index (χ4v) is 4.26. The largest absolute Gasteiger partial charge is 0.324 e. The number of rotatable bonds is 0. The summed E-state index contributed by atoms with van der Waals surface area (Å²) in [5, 5.41) is 3.15. The van der Waals surface area contributed by atoms with E-state index in [-0.39, 0.29) is 28.6 Å². The Kier molecular flexibility index (Phi) is 4.75. The van der Waals surface area contributed by atoms with E-state index >= 15 is 0 Å². The van der Waals surface area contributed by atoms with Gasteiger partial charge < -0.3 is 15.2 Å². The maximum atomic E-state index is 14.3. The number of benzene rings is 2.